The lowest BCUT2D eigenvalue weighted by atomic mass is 9.99. The average molecular weight is 1480 g/mol. The number of rotatable bonds is 26. The van der Waals surface area contributed by atoms with E-state index in [9.17, 15) is 13.9 Å². The standard InChI is InChI=1S/C54H40N2.C24H30O6P2.C19H15NO.CH4/c1-5-13-49(14-6-1)55(50-15-7-2-8-16-50)53-33-27-41(28-34-53)21-23-43-25-31-45-40-48-38-44(26-32-46(48)39-47(45)37-43)24-22-42-29-35-54(36-30-42)56(51-17-9-3-10-18-51)52-19-11-4-12-20-52;1-5-27-24(31-25,28-6-2)23-12-11-20-14-21-13-18(9-10-19(21)15-22(20)16-23)17-32(26,29-7-3)30-8-4;21-15-16-11-13-19(14-12-16)20(17-7-3-1-4-8-17)18-9-5-2-6-10-18;/h1-40H;9-16H,5-8,17H2,1-4H3;1-15H;1H4. The Morgan fingerprint density at radius 1 is 0.309 bits per heavy atom. The monoisotopic (exact) mass is 1480 g/mol. The molecule has 15 rings (SSSR count). The van der Waals surface area contributed by atoms with Crippen LogP contribution in [0.15, 0.2) is 352 Å². The topological polar surface area (TPSA) is 97.9 Å². The predicted molar refractivity (Wildman–Crippen MR) is 463 cm³/mol. The third-order valence-corrected chi connectivity index (χ3v) is 21.3. The Hall–Kier alpha value is -11.9. The van der Waals surface area contributed by atoms with Crippen LogP contribution in [0.2, 0.25) is 0 Å². The lowest BCUT2D eigenvalue weighted by molar-refractivity contribution is -0.176. The molecule has 0 atom stereocenters. The van der Waals surface area contributed by atoms with Crippen LogP contribution in [0.5, 0.6) is 0 Å². The lowest BCUT2D eigenvalue weighted by Crippen LogP contribution is -2.27. The molecule has 10 nitrogen and oxygen atoms in total. The predicted octanol–water partition coefficient (Wildman–Crippen LogP) is 28.1. The molecule has 0 saturated carbocycles. The van der Waals surface area contributed by atoms with Crippen molar-refractivity contribution in [2.24, 2.45) is 0 Å². The fourth-order valence-electron chi connectivity index (χ4n) is 13.4. The molecule has 0 saturated heterocycles. The number of carbonyl (C=O) groups excluding carboxylic acids is 1. The summed E-state index contributed by atoms with van der Waals surface area (Å²) < 4.78 is 47.3. The van der Waals surface area contributed by atoms with Crippen LogP contribution >= 0.6 is 16.1 Å². The van der Waals surface area contributed by atoms with Crippen LogP contribution in [0.1, 0.15) is 78.9 Å². The van der Waals surface area contributed by atoms with E-state index >= 15 is 0 Å². The Morgan fingerprint density at radius 3 is 0.909 bits per heavy atom. The first-order chi connectivity index (χ1) is 53.5. The van der Waals surface area contributed by atoms with Crippen molar-refractivity contribution in [1.29, 1.82) is 0 Å². The summed E-state index contributed by atoms with van der Waals surface area (Å²) in [6.07, 6.45) is 9.87. The first-order valence-electron chi connectivity index (χ1n) is 36.8. The zero-order valence-electron chi connectivity index (χ0n) is 61.5. The van der Waals surface area contributed by atoms with E-state index in [4.69, 9.17) is 18.5 Å². The summed E-state index contributed by atoms with van der Waals surface area (Å²) in [7, 11) is -3.41. The number of anilines is 9. The van der Waals surface area contributed by atoms with E-state index in [-0.39, 0.29) is 22.0 Å². The van der Waals surface area contributed by atoms with Gasteiger partial charge in [-0.25, -0.2) is 0 Å². The zero-order chi connectivity index (χ0) is 75.2. The molecule has 0 spiro atoms. The Labute approximate surface area is 648 Å². The van der Waals surface area contributed by atoms with Crippen molar-refractivity contribution in [1.82, 2.24) is 0 Å². The summed E-state index contributed by atoms with van der Waals surface area (Å²) in [4.78, 5) is 17.5. The van der Waals surface area contributed by atoms with Crippen molar-refractivity contribution in [2.45, 2.75) is 46.8 Å². The minimum absolute atomic E-state index is 0. The number of carbonyl (C=O) groups is 1. The van der Waals surface area contributed by atoms with Gasteiger partial charge in [0.1, 0.15) is 6.29 Å². The maximum absolute atomic E-state index is 12.9. The Balaban J connectivity index is 0.000000175. The summed E-state index contributed by atoms with van der Waals surface area (Å²) in [5, 5.41) is 9.03. The van der Waals surface area contributed by atoms with Gasteiger partial charge >= 0.3 is 7.60 Å². The Kier molecular flexibility index (Phi) is 26.6. The molecule has 0 unspecified atom stereocenters. The third kappa shape index (κ3) is 19.3. The van der Waals surface area contributed by atoms with E-state index in [1.54, 1.807) is 0 Å². The van der Waals surface area contributed by atoms with E-state index in [1.807, 2.05) is 125 Å². The number of aldehydes is 1. The fraction of sp³-hybridized carbons (Fsp3) is 0.112. The number of fused-ring (bicyclic) bond motifs is 4. The van der Waals surface area contributed by atoms with Crippen LogP contribution in [0.25, 0.3) is 67.4 Å². The van der Waals surface area contributed by atoms with Gasteiger partial charge in [0.25, 0.3) is 5.53 Å². The first-order valence-corrected chi connectivity index (χ1v) is 39.4. The first kappa shape index (κ1) is 77.7. The van der Waals surface area contributed by atoms with Gasteiger partial charge in [0.2, 0.25) is 8.46 Å². The van der Waals surface area contributed by atoms with Crippen molar-refractivity contribution in [2.75, 3.05) is 41.1 Å². The normalized spacial score (nSPS) is 11.5. The molecule has 0 fully saturated rings. The number of ether oxygens (including phenoxy) is 2. The van der Waals surface area contributed by atoms with Crippen molar-refractivity contribution in [3.63, 3.8) is 0 Å². The summed E-state index contributed by atoms with van der Waals surface area (Å²) >= 11 is 0. The van der Waals surface area contributed by atoms with Gasteiger partial charge in [0, 0.05) is 75.5 Å². The van der Waals surface area contributed by atoms with Crippen LogP contribution < -0.4 is 14.7 Å². The molecule has 0 radical (unpaired) electrons. The molecule has 12 heteroatoms. The molecule has 548 valence electrons. The molecule has 15 aromatic rings. The van der Waals surface area contributed by atoms with Crippen molar-refractivity contribution >= 4 is 141 Å². The van der Waals surface area contributed by atoms with E-state index in [1.165, 1.54) is 32.7 Å². The molecule has 0 aliphatic carbocycles. The van der Waals surface area contributed by atoms with Crippen LogP contribution in [0, 0.1) is 0 Å². The number of nitrogens with zero attached hydrogens (tertiary/aromatic N) is 3. The number of para-hydroxylation sites is 6. The summed E-state index contributed by atoms with van der Waals surface area (Å²) in [6.45, 7) is 8.75. The highest BCUT2D eigenvalue weighted by Gasteiger charge is 2.35. The molecule has 0 aliphatic rings. The maximum Gasteiger partial charge on any atom is 0.335 e. The zero-order valence-corrected chi connectivity index (χ0v) is 63.3. The quantitative estimate of drug-likeness (QED) is 0.0171. The van der Waals surface area contributed by atoms with Crippen LogP contribution in [0.3, 0.4) is 0 Å². The summed E-state index contributed by atoms with van der Waals surface area (Å²) in [5.41, 5.74) is 15.6. The number of hydrogen-bond donors (Lipinski definition) is 0. The summed E-state index contributed by atoms with van der Waals surface area (Å²) in [5.74, 6) is 0. The second kappa shape index (κ2) is 37.7. The van der Waals surface area contributed by atoms with E-state index < -0.39 is 13.1 Å². The highest BCUT2D eigenvalue weighted by Crippen LogP contribution is 2.52. The number of hydrogen-bond acceptors (Lipinski definition) is 10. The number of benzene rings is 15. The highest BCUT2D eigenvalue weighted by molar-refractivity contribution is 7.53. The SMILES string of the molecule is C.C(=Cc1ccc2cc3cc(C=Cc4ccc(N(c5ccccc5)c5ccccc5)cc4)ccc3cc2c1)c1ccc(N(c2ccccc2)c2ccccc2)cc1.CCOC(OCC)(P=O)c1ccc2cc3cc(CP(=O)(OCC)OCC)ccc3cc2c1.O=Cc1ccc(N(c2ccccc2)c2ccccc2)cc1. The molecule has 0 aliphatic heterocycles. The Morgan fingerprint density at radius 2 is 0.591 bits per heavy atom. The van der Waals surface area contributed by atoms with Crippen LogP contribution in [0.4, 0.5) is 51.2 Å². The van der Waals surface area contributed by atoms with Gasteiger partial charge in [-0.3, -0.25) is 13.9 Å². The van der Waals surface area contributed by atoms with Gasteiger partial charge < -0.3 is 33.2 Å². The molecule has 15 aromatic carbocycles. The van der Waals surface area contributed by atoms with E-state index in [2.05, 4.69) is 294 Å². The smallest absolute Gasteiger partial charge is 0.335 e. The third-order valence-electron chi connectivity index (χ3n) is 18.5. The van der Waals surface area contributed by atoms with Crippen molar-refractivity contribution in [3.05, 3.63) is 391 Å². The minimum atomic E-state index is -3.17. The molecular weight excluding hydrogens is 1390 g/mol. The van der Waals surface area contributed by atoms with Gasteiger partial charge in [-0.1, -0.05) is 220 Å². The van der Waals surface area contributed by atoms with Gasteiger partial charge in [-0.15, -0.1) is 0 Å². The molecule has 0 amide bonds. The highest BCUT2D eigenvalue weighted by atomic mass is 31.2. The molecule has 0 aromatic heterocycles. The van der Waals surface area contributed by atoms with Crippen molar-refractivity contribution < 1.29 is 32.4 Å². The van der Waals surface area contributed by atoms with Crippen LogP contribution in [-0.4, -0.2) is 32.7 Å². The lowest BCUT2D eigenvalue weighted by Gasteiger charge is -2.27. The molecule has 110 heavy (non-hydrogen) atoms. The minimum Gasteiger partial charge on any atom is -0.337 e. The van der Waals surface area contributed by atoms with Crippen LogP contribution in [-0.2, 0) is 39.3 Å². The molecule has 0 heterocycles. The molecular formula is C98H89N3O7P2. The van der Waals surface area contributed by atoms with Gasteiger partial charge in [-0.05, 0) is 262 Å². The van der Waals surface area contributed by atoms with Gasteiger partial charge in [-0.2, -0.15) is 0 Å². The average Bonchev–Trinajstić information content (AvgIpc) is 0.815. The van der Waals surface area contributed by atoms with E-state index in [0.717, 1.165) is 95.7 Å². The second-order valence-electron chi connectivity index (χ2n) is 25.9. The fourth-order valence-corrected chi connectivity index (χ4v) is 15.7. The second-order valence-corrected chi connectivity index (χ2v) is 28.7. The van der Waals surface area contributed by atoms with Gasteiger partial charge in [0.15, 0.2) is 0 Å². The maximum atomic E-state index is 12.9. The largest absolute Gasteiger partial charge is 0.337 e. The molecule has 0 bridgehead atoms. The van der Waals surface area contributed by atoms with Crippen molar-refractivity contribution in [3.8, 4) is 0 Å². The Bertz CT molecular complexity index is 5270. The van der Waals surface area contributed by atoms with E-state index in [0.29, 0.717) is 37.6 Å². The molecule has 0 N–H and O–H groups in total. The summed E-state index contributed by atoms with van der Waals surface area (Å²) in [6, 6.07) is 121. The van der Waals surface area contributed by atoms with Gasteiger partial charge in [0.05, 0.1) is 19.4 Å².